The zero-order valence-corrected chi connectivity index (χ0v) is 16.3. The van der Waals surface area contributed by atoms with E-state index in [0.29, 0.717) is 12.3 Å². The zero-order valence-electron chi connectivity index (χ0n) is 15.5. The molecule has 1 amide bonds. The fourth-order valence-corrected chi connectivity index (χ4v) is 3.32. The maximum atomic E-state index is 12.0. The molecule has 0 aromatic carbocycles. The van der Waals surface area contributed by atoms with Gasteiger partial charge in [0.25, 0.3) is 0 Å². The van der Waals surface area contributed by atoms with Gasteiger partial charge in [0.1, 0.15) is 0 Å². The van der Waals surface area contributed by atoms with Gasteiger partial charge in [0.05, 0.1) is 5.69 Å². The normalized spacial score (nSPS) is 17.1. The number of aryl methyl sites for hydroxylation is 1. The van der Waals surface area contributed by atoms with Crippen molar-refractivity contribution in [2.75, 3.05) is 19.6 Å². The molecule has 24 heavy (non-hydrogen) atoms. The van der Waals surface area contributed by atoms with Gasteiger partial charge < -0.3 is 10.6 Å². The fraction of sp³-hybridized carbons (Fsp3) is 0.778. The van der Waals surface area contributed by atoms with Gasteiger partial charge in [-0.05, 0) is 63.6 Å². The summed E-state index contributed by atoms with van der Waals surface area (Å²) in [4.78, 5) is 12.0. The summed E-state index contributed by atoms with van der Waals surface area (Å²) in [6, 6.07) is 0. The zero-order chi connectivity index (χ0) is 16.8. The average Bonchev–Trinajstić information content (AvgIpc) is 3.07. The summed E-state index contributed by atoms with van der Waals surface area (Å²) in [5, 5.41) is 11.0. The predicted molar refractivity (Wildman–Crippen MR) is 101 cm³/mol. The van der Waals surface area contributed by atoms with Crippen molar-refractivity contribution in [2.24, 2.45) is 11.8 Å². The molecule has 6 heteroatoms. The van der Waals surface area contributed by atoms with E-state index in [1.54, 1.807) is 0 Å². The number of hydrogen-bond acceptors (Lipinski definition) is 3. The highest BCUT2D eigenvalue weighted by atomic mass is 35.5. The third-order valence-electron chi connectivity index (χ3n) is 4.71. The molecule has 1 aromatic heterocycles. The first kappa shape index (κ1) is 21.0. The summed E-state index contributed by atoms with van der Waals surface area (Å²) in [7, 11) is 0. The minimum absolute atomic E-state index is 0. The molecule has 0 aliphatic carbocycles. The van der Waals surface area contributed by atoms with E-state index in [1.165, 1.54) is 17.7 Å². The second-order valence-electron chi connectivity index (χ2n) is 7.22. The average molecular weight is 357 g/mol. The lowest BCUT2D eigenvalue weighted by atomic mass is 10.0. The molecule has 138 valence electrons. The highest BCUT2D eigenvalue weighted by molar-refractivity contribution is 5.85. The number of nitrogens with one attached hydrogen (secondary N) is 2. The van der Waals surface area contributed by atoms with E-state index in [4.69, 9.17) is 0 Å². The van der Waals surface area contributed by atoms with Crippen LogP contribution in [0.5, 0.6) is 0 Å². The molecule has 1 aliphatic heterocycles. The maximum absolute atomic E-state index is 12.0. The topological polar surface area (TPSA) is 59.0 Å². The summed E-state index contributed by atoms with van der Waals surface area (Å²) in [6.45, 7) is 12.5. The smallest absolute Gasteiger partial charge is 0.220 e. The molecule has 5 nitrogen and oxygen atoms in total. The van der Waals surface area contributed by atoms with E-state index < -0.39 is 0 Å². The van der Waals surface area contributed by atoms with E-state index in [0.717, 1.165) is 50.6 Å². The quantitative estimate of drug-likeness (QED) is 0.752. The molecule has 0 saturated carbocycles. The molecule has 1 atom stereocenters. The van der Waals surface area contributed by atoms with Gasteiger partial charge in [-0.15, -0.1) is 12.4 Å². The third kappa shape index (κ3) is 6.10. The van der Waals surface area contributed by atoms with Crippen molar-refractivity contribution in [2.45, 2.75) is 59.9 Å². The van der Waals surface area contributed by atoms with Crippen LogP contribution in [0.3, 0.4) is 0 Å². The van der Waals surface area contributed by atoms with Gasteiger partial charge >= 0.3 is 0 Å². The second-order valence-corrected chi connectivity index (χ2v) is 7.22. The van der Waals surface area contributed by atoms with E-state index in [1.807, 2.05) is 6.92 Å². The summed E-state index contributed by atoms with van der Waals surface area (Å²) < 4.78 is 2.08. The number of nitrogens with zero attached hydrogens (tertiary/aromatic N) is 2. The predicted octanol–water partition coefficient (Wildman–Crippen LogP) is 2.63. The highest BCUT2D eigenvalue weighted by Crippen LogP contribution is 2.16. The molecular formula is C18H33ClN4O. The maximum Gasteiger partial charge on any atom is 0.220 e. The van der Waals surface area contributed by atoms with Crippen LogP contribution in [0.25, 0.3) is 0 Å². The lowest BCUT2D eigenvalue weighted by Crippen LogP contribution is -2.26. The molecule has 1 unspecified atom stereocenters. The van der Waals surface area contributed by atoms with E-state index >= 15 is 0 Å². The number of carbonyl (C=O) groups excluding carboxylic acids is 1. The van der Waals surface area contributed by atoms with Crippen molar-refractivity contribution < 1.29 is 4.79 Å². The standard InChI is InChI=1S/C18H32N4O.ClH/c1-13(2)12-22-15(4)17(14(3)21-22)5-6-18(23)20-10-8-16-7-9-19-11-16;/h13,16,19H,5-12H2,1-4H3,(H,20,23);1H. The van der Waals surface area contributed by atoms with Gasteiger partial charge in [0, 0.05) is 25.2 Å². The van der Waals surface area contributed by atoms with E-state index in [9.17, 15) is 4.79 Å². The lowest BCUT2D eigenvalue weighted by Gasteiger charge is -2.10. The second kappa shape index (κ2) is 10.0. The molecule has 0 spiro atoms. The first-order chi connectivity index (χ1) is 11.0. The Kier molecular flexibility index (Phi) is 8.78. The summed E-state index contributed by atoms with van der Waals surface area (Å²) in [6.07, 6.45) is 3.66. The number of hydrogen-bond donors (Lipinski definition) is 2. The summed E-state index contributed by atoms with van der Waals surface area (Å²) in [5.74, 6) is 1.47. The van der Waals surface area contributed by atoms with Crippen molar-refractivity contribution >= 4 is 18.3 Å². The fourth-order valence-electron chi connectivity index (χ4n) is 3.32. The minimum atomic E-state index is 0. The van der Waals surface area contributed by atoms with E-state index in [-0.39, 0.29) is 18.3 Å². The number of aromatic nitrogens is 2. The lowest BCUT2D eigenvalue weighted by molar-refractivity contribution is -0.121. The van der Waals surface area contributed by atoms with Gasteiger partial charge in [-0.2, -0.15) is 5.10 Å². The largest absolute Gasteiger partial charge is 0.356 e. The Morgan fingerprint density at radius 1 is 1.42 bits per heavy atom. The molecule has 0 radical (unpaired) electrons. The molecule has 2 heterocycles. The van der Waals surface area contributed by atoms with Crippen LogP contribution in [0.1, 0.15) is 50.1 Å². The molecule has 1 saturated heterocycles. The Morgan fingerprint density at radius 3 is 2.79 bits per heavy atom. The Balaban J connectivity index is 0.00000288. The summed E-state index contributed by atoms with van der Waals surface area (Å²) >= 11 is 0. The van der Waals surface area contributed by atoms with Crippen LogP contribution >= 0.6 is 12.4 Å². The van der Waals surface area contributed by atoms with Gasteiger partial charge in [-0.25, -0.2) is 0 Å². The van der Waals surface area contributed by atoms with Crippen LogP contribution in [0, 0.1) is 25.7 Å². The third-order valence-corrected chi connectivity index (χ3v) is 4.71. The van der Waals surface area contributed by atoms with Crippen LogP contribution in [-0.2, 0) is 17.8 Å². The first-order valence-electron chi connectivity index (χ1n) is 8.97. The van der Waals surface area contributed by atoms with Crippen molar-refractivity contribution in [1.29, 1.82) is 0 Å². The molecule has 1 aliphatic rings. The van der Waals surface area contributed by atoms with Crippen LogP contribution < -0.4 is 10.6 Å². The number of carbonyl (C=O) groups is 1. The Bertz CT molecular complexity index is 521. The van der Waals surface area contributed by atoms with Crippen molar-refractivity contribution in [1.82, 2.24) is 20.4 Å². The Morgan fingerprint density at radius 2 is 2.17 bits per heavy atom. The highest BCUT2D eigenvalue weighted by Gasteiger charge is 2.15. The van der Waals surface area contributed by atoms with E-state index in [2.05, 4.69) is 41.2 Å². The molecule has 1 fully saturated rings. The van der Waals surface area contributed by atoms with Gasteiger partial charge in [-0.1, -0.05) is 13.8 Å². The molecular weight excluding hydrogens is 324 g/mol. The van der Waals surface area contributed by atoms with Gasteiger partial charge in [-0.3, -0.25) is 9.48 Å². The monoisotopic (exact) mass is 356 g/mol. The number of rotatable bonds is 8. The molecule has 1 aromatic rings. The van der Waals surface area contributed by atoms with Gasteiger partial charge in [0.15, 0.2) is 0 Å². The summed E-state index contributed by atoms with van der Waals surface area (Å²) in [5.41, 5.74) is 3.51. The first-order valence-corrected chi connectivity index (χ1v) is 8.97. The van der Waals surface area contributed by atoms with Crippen LogP contribution in [0.15, 0.2) is 0 Å². The van der Waals surface area contributed by atoms with Crippen molar-refractivity contribution in [3.63, 3.8) is 0 Å². The number of amides is 1. The van der Waals surface area contributed by atoms with Crippen LogP contribution in [-0.4, -0.2) is 35.3 Å². The Labute approximate surface area is 152 Å². The molecule has 0 bridgehead atoms. The van der Waals surface area contributed by atoms with Gasteiger partial charge in [0.2, 0.25) is 5.91 Å². The van der Waals surface area contributed by atoms with Crippen molar-refractivity contribution in [3.8, 4) is 0 Å². The SMILES string of the molecule is Cc1nn(CC(C)C)c(C)c1CCC(=O)NCCC1CCNC1.Cl. The van der Waals surface area contributed by atoms with Crippen LogP contribution in [0.4, 0.5) is 0 Å². The Hall–Kier alpha value is -1.07. The van der Waals surface area contributed by atoms with Crippen LogP contribution in [0.2, 0.25) is 0 Å². The van der Waals surface area contributed by atoms with Crippen molar-refractivity contribution in [3.05, 3.63) is 17.0 Å². The molecule has 2 N–H and O–H groups in total. The minimum Gasteiger partial charge on any atom is -0.356 e. The molecule has 2 rings (SSSR count). The number of halogens is 1.